The average molecular weight is 362 g/mol. The van der Waals surface area contributed by atoms with Crippen LogP contribution in [0.5, 0.6) is 0 Å². The molecule has 0 aliphatic carbocycles. The van der Waals surface area contributed by atoms with E-state index in [4.69, 9.17) is 14.5 Å². The van der Waals surface area contributed by atoms with Gasteiger partial charge in [0.2, 0.25) is 0 Å². The number of rotatable bonds is 5. The molecule has 1 aromatic rings. The van der Waals surface area contributed by atoms with Gasteiger partial charge < -0.3 is 19.7 Å². The zero-order valence-electron chi connectivity index (χ0n) is 15.1. The van der Waals surface area contributed by atoms with Crippen molar-refractivity contribution in [1.82, 2.24) is 10.2 Å². The fourth-order valence-corrected chi connectivity index (χ4v) is 3.30. The molecule has 2 aliphatic rings. The molecule has 0 saturated carbocycles. The Morgan fingerprint density at radius 2 is 2.08 bits per heavy atom. The average Bonchev–Trinajstić information content (AvgIpc) is 3.20. The van der Waals surface area contributed by atoms with Crippen LogP contribution in [0.1, 0.15) is 25.3 Å². The minimum atomic E-state index is -0.393. The molecule has 0 amide bonds. The van der Waals surface area contributed by atoms with Crippen molar-refractivity contribution in [2.75, 3.05) is 32.8 Å². The van der Waals surface area contributed by atoms with Crippen LogP contribution in [-0.4, -0.2) is 60.8 Å². The highest BCUT2D eigenvalue weighted by Crippen LogP contribution is 2.21. The van der Waals surface area contributed by atoms with Crippen LogP contribution in [0.2, 0.25) is 0 Å². The number of nitrogens with zero attached hydrogens (tertiary/aromatic N) is 3. The lowest BCUT2D eigenvalue weighted by Crippen LogP contribution is -2.53. The van der Waals surface area contributed by atoms with Crippen molar-refractivity contribution in [3.05, 3.63) is 39.9 Å². The van der Waals surface area contributed by atoms with Crippen LogP contribution in [0.4, 0.5) is 5.69 Å². The predicted molar refractivity (Wildman–Crippen MR) is 98.2 cm³/mol. The van der Waals surface area contributed by atoms with Gasteiger partial charge in [0.25, 0.3) is 5.69 Å². The van der Waals surface area contributed by atoms with Gasteiger partial charge >= 0.3 is 0 Å². The van der Waals surface area contributed by atoms with Crippen molar-refractivity contribution in [2.24, 2.45) is 4.99 Å². The van der Waals surface area contributed by atoms with Crippen LogP contribution in [0, 0.1) is 10.1 Å². The van der Waals surface area contributed by atoms with Crippen LogP contribution in [0.25, 0.3) is 0 Å². The standard InChI is InChI=1S/C18H26N4O4/c1-2-19-18(20-12-14-5-7-15(8-6-14)22(23)24)21-9-11-26-17(13-21)16-4-3-10-25-16/h5-8,16-17H,2-4,9-13H2,1H3,(H,19,20). The quantitative estimate of drug-likeness (QED) is 0.373. The Balaban J connectivity index is 1.64. The molecule has 0 aromatic heterocycles. The normalized spacial score (nSPS) is 23.9. The molecular formula is C18H26N4O4. The molecule has 8 nitrogen and oxygen atoms in total. The number of hydrogen-bond acceptors (Lipinski definition) is 5. The van der Waals surface area contributed by atoms with E-state index in [1.807, 2.05) is 6.92 Å². The van der Waals surface area contributed by atoms with Crippen molar-refractivity contribution in [3.63, 3.8) is 0 Å². The van der Waals surface area contributed by atoms with E-state index in [9.17, 15) is 10.1 Å². The molecule has 2 heterocycles. The van der Waals surface area contributed by atoms with Gasteiger partial charge in [-0.1, -0.05) is 12.1 Å². The predicted octanol–water partition coefficient (Wildman–Crippen LogP) is 1.94. The van der Waals surface area contributed by atoms with Crippen molar-refractivity contribution in [3.8, 4) is 0 Å². The minimum Gasteiger partial charge on any atom is -0.375 e. The van der Waals surface area contributed by atoms with E-state index in [1.165, 1.54) is 12.1 Å². The summed E-state index contributed by atoms with van der Waals surface area (Å²) in [6.07, 6.45) is 2.40. The molecule has 3 rings (SSSR count). The van der Waals surface area contributed by atoms with E-state index in [0.29, 0.717) is 13.2 Å². The lowest BCUT2D eigenvalue weighted by Gasteiger charge is -2.37. The van der Waals surface area contributed by atoms with Crippen molar-refractivity contribution in [1.29, 1.82) is 0 Å². The van der Waals surface area contributed by atoms with E-state index in [2.05, 4.69) is 10.2 Å². The lowest BCUT2D eigenvalue weighted by molar-refractivity contribution is -0.384. The second kappa shape index (κ2) is 8.95. The molecule has 2 saturated heterocycles. The minimum absolute atomic E-state index is 0.0782. The van der Waals surface area contributed by atoms with Gasteiger partial charge in [-0.25, -0.2) is 4.99 Å². The summed E-state index contributed by atoms with van der Waals surface area (Å²) in [5.41, 5.74) is 1.03. The van der Waals surface area contributed by atoms with Gasteiger partial charge in [0, 0.05) is 38.4 Å². The second-order valence-corrected chi connectivity index (χ2v) is 6.50. The fraction of sp³-hybridized carbons (Fsp3) is 0.611. The molecule has 8 heteroatoms. The third-order valence-corrected chi connectivity index (χ3v) is 4.67. The van der Waals surface area contributed by atoms with Crippen LogP contribution in [-0.2, 0) is 16.0 Å². The summed E-state index contributed by atoms with van der Waals surface area (Å²) in [7, 11) is 0. The van der Waals surface area contributed by atoms with Gasteiger partial charge in [-0.05, 0) is 25.3 Å². The van der Waals surface area contributed by atoms with E-state index in [1.54, 1.807) is 12.1 Å². The van der Waals surface area contributed by atoms with Gasteiger partial charge in [-0.15, -0.1) is 0 Å². The van der Waals surface area contributed by atoms with Crippen molar-refractivity contribution < 1.29 is 14.4 Å². The van der Waals surface area contributed by atoms with Crippen LogP contribution in [0.15, 0.2) is 29.3 Å². The summed E-state index contributed by atoms with van der Waals surface area (Å²) in [4.78, 5) is 17.3. The third-order valence-electron chi connectivity index (χ3n) is 4.67. The Labute approximate surface area is 153 Å². The summed E-state index contributed by atoms with van der Waals surface area (Å²) in [5, 5.41) is 14.1. The zero-order valence-corrected chi connectivity index (χ0v) is 15.1. The monoisotopic (exact) mass is 362 g/mol. The third kappa shape index (κ3) is 4.70. The van der Waals surface area contributed by atoms with E-state index in [-0.39, 0.29) is 17.9 Å². The summed E-state index contributed by atoms with van der Waals surface area (Å²) >= 11 is 0. The van der Waals surface area contributed by atoms with Crippen molar-refractivity contribution in [2.45, 2.75) is 38.5 Å². The highest BCUT2D eigenvalue weighted by atomic mass is 16.6. The first kappa shape index (κ1) is 18.6. The summed E-state index contributed by atoms with van der Waals surface area (Å²) < 4.78 is 11.7. The van der Waals surface area contributed by atoms with Gasteiger partial charge in [0.1, 0.15) is 6.10 Å². The lowest BCUT2D eigenvalue weighted by atomic mass is 10.1. The Morgan fingerprint density at radius 1 is 1.31 bits per heavy atom. The first-order valence-electron chi connectivity index (χ1n) is 9.17. The van der Waals surface area contributed by atoms with Gasteiger partial charge in [0.15, 0.2) is 5.96 Å². The summed E-state index contributed by atoms with van der Waals surface area (Å²) in [6, 6.07) is 6.53. The maximum atomic E-state index is 10.7. The number of nitro benzene ring substituents is 1. The zero-order chi connectivity index (χ0) is 18.4. The number of guanidine groups is 1. The van der Waals surface area contributed by atoms with Crippen LogP contribution in [0.3, 0.4) is 0 Å². The molecule has 1 N–H and O–H groups in total. The maximum absolute atomic E-state index is 10.7. The molecule has 2 unspecified atom stereocenters. The Kier molecular flexibility index (Phi) is 6.40. The molecule has 0 radical (unpaired) electrons. The molecular weight excluding hydrogens is 336 g/mol. The molecule has 2 fully saturated rings. The highest BCUT2D eigenvalue weighted by molar-refractivity contribution is 5.80. The summed E-state index contributed by atoms with van der Waals surface area (Å²) in [6.45, 7) is 6.32. The van der Waals surface area contributed by atoms with Crippen LogP contribution >= 0.6 is 0 Å². The number of benzene rings is 1. The smallest absolute Gasteiger partial charge is 0.269 e. The number of nitrogens with one attached hydrogen (secondary N) is 1. The SMILES string of the molecule is CCNC(=NCc1ccc([N+](=O)[O-])cc1)N1CCOC(C2CCCO2)C1. The van der Waals surface area contributed by atoms with Gasteiger partial charge in [0.05, 0.1) is 24.2 Å². The van der Waals surface area contributed by atoms with Gasteiger partial charge in [-0.3, -0.25) is 10.1 Å². The Hall–Kier alpha value is -2.19. The Morgan fingerprint density at radius 3 is 2.73 bits per heavy atom. The number of nitro groups is 1. The number of morpholine rings is 1. The van der Waals surface area contributed by atoms with E-state index >= 15 is 0 Å². The van der Waals surface area contributed by atoms with Gasteiger partial charge in [-0.2, -0.15) is 0 Å². The molecule has 26 heavy (non-hydrogen) atoms. The van der Waals surface area contributed by atoms with E-state index in [0.717, 1.165) is 50.6 Å². The highest BCUT2D eigenvalue weighted by Gasteiger charge is 2.32. The molecule has 2 atom stereocenters. The number of non-ortho nitro benzene ring substituents is 1. The number of hydrogen-bond donors (Lipinski definition) is 1. The fourth-order valence-electron chi connectivity index (χ4n) is 3.30. The first-order valence-corrected chi connectivity index (χ1v) is 9.17. The second-order valence-electron chi connectivity index (χ2n) is 6.50. The van der Waals surface area contributed by atoms with Crippen LogP contribution < -0.4 is 5.32 Å². The molecule has 142 valence electrons. The first-order chi connectivity index (χ1) is 12.7. The summed E-state index contributed by atoms with van der Waals surface area (Å²) in [5.74, 6) is 0.845. The maximum Gasteiger partial charge on any atom is 0.269 e. The Bertz CT molecular complexity index is 629. The molecule has 1 aromatic carbocycles. The number of ether oxygens (including phenoxy) is 2. The molecule has 0 spiro atoms. The largest absolute Gasteiger partial charge is 0.375 e. The van der Waals surface area contributed by atoms with Crippen molar-refractivity contribution >= 4 is 11.6 Å². The number of aliphatic imine (C=N–C) groups is 1. The topological polar surface area (TPSA) is 89.2 Å². The molecule has 0 bridgehead atoms. The van der Waals surface area contributed by atoms with E-state index < -0.39 is 4.92 Å². The molecule has 2 aliphatic heterocycles.